The van der Waals surface area contributed by atoms with Crippen LogP contribution in [0.3, 0.4) is 0 Å². The average Bonchev–Trinajstić information content (AvgIpc) is 2.96. The Kier molecular flexibility index (Phi) is 4.10. The van der Waals surface area contributed by atoms with Gasteiger partial charge in [-0.1, -0.05) is 12.8 Å². The van der Waals surface area contributed by atoms with Crippen LogP contribution in [0.15, 0.2) is 23.1 Å². The Morgan fingerprint density at radius 2 is 2.00 bits per heavy atom. The fraction of sp³-hybridized carbons (Fsp3) is 0.562. The Balaban J connectivity index is 1.95. The van der Waals surface area contributed by atoms with Gasteiger partial charge in [-0.15, -0.1) is 0 Å². The highest BCUT2D eigenvalue weighted by atomic mass is 32.2. The number of methoxy groups -OCH3 is 1. The molecule has 2 fully saturated rings. The molecule has 0 radical (unpaired) electrons. The lowest BCUT2D eigenvalue weighted by molar-refractivity contribution is -0.136. The molecular formula is C16H21NO5S. The Bertz CT molecular complexity index is 722. The van der Waals surface area contributed by atoms with Crippen LogP contribution in [-0.2, 0) is 21.2 Å². The summed E-state index contributed by atoms with van der Waals surface area (Å²) in [5, 5.41) is 9.00. The molecule has 0 atom stereocenters. The van der Waals surface area contributed by atoms with Gasteiger partial charge in [0.2, 0.25) is 10.0 Å². The Labute approximate surface area is 136 Å². The minimum Gasteiger partial charge on any atom is -0.496 e. The predicted octanol–water partition coefficient (Wildman–Crippen LogP) is 2.03. The average molecular weight is 339 g/mol. The lowest BCUT2D eigenvalue weighted by Gasteiger charge is -2.49. The van der Waals surface area contributed by atoms with E-state index in [1.165, 1.54) is 25.3 Å². The molecule has 2 aliphatic rings. The van der Waals surface area contributed by atoms with E-state index in [1.807, 2.05) is 0 Å². The topological polar surface area (TPSA) is 83.9 Å². The number of aliphatic carboxylic acids is 1. The van der Waals surface area contributed by atoms with Crippen LogP contribution in [0.4, 0.5) is 0 Å². The van der Waals surface area contributed by atoms with Crippen LogP contribution in [0.2, 0.25) is 0 Å². The van der Waals surface area contributed by atoms with Gasteiger partial charge in [-0.25, -0.2) is 8.42 Å². The van der Waals surface area contributed by atoms with Crippen molar-refractivity contribution in [3.63, 3.8) is 0 Å². The molecule has 0 unspecified atom stereocenters. The van der Waals surface area contributed by atoms with Crippen molar-refractivity contribution in [2.75, 3.05) is 13.7 Å². The molecule has 1 aromatic carbocycles. The largest absolute Gasteiger partial charge is 0.496 e. The molecule has 1 saturated carbocycles. The zero-order chi connectivity index (χ0) is 16.7. The van der Waals surface area contributed by atoms with E-state index in [0.717, 1.165) is 32.1 Å². The van der Waals surface area contributed by atoms with Gasteiger partial charge in [0.25, 0.3) is 0 Å². The van der Waals surface area contributed by atoms with Crippen molar-refractivity contribution in [3.8, 4) is 5.75 Å². The number of ether oxygens (including phenoxy) is 1. The van der Waals surface area contributed by atoms with Gasteiger partial charge in [0.05, 0.1) is 18.4 Å². The Hall–Kier alpha value is -1.60. The van der Waals surface area contributed by atoms with Crippen LogP contribution < -0.4 is 4.74 Å². The number of sulfonamides is 1. The second kappa shape index (κ2) is 5.79. The molecule has 1 spiro atoms. The van der Waals surface area contributed by atoms with E-state index in [9.17, 15) is 13.2 Å². The molecule has 1 heterocycles. The van der Waals surface area contributed by atoms with E-state index < -0.39 is 16.0 Å². The summed E-state index contributed by atoms with van der Waals surface area (Å²) in [6.07, 6.45) is 4.63. The summed E-state index contributed by atoms with van der Waals surface area (Å²) in [5.74, 6) is -0.625. The molecule has 7 heteroatoms. The smallest absolute Gasteiger partial charge is 0.307 e. The maximum Gasteiger partial charge on any atom is 0.307 e. The summed E-state index contributed by atoms with van der Waals surface area (Å²) >= 11 is 0. The van der Waals surface area contributed by atoms with E-state index in [2.05, 4.69) is 0 Å². The SMILES string of the molecule is COc1ccc(S(=O)(=O)N2CCC23CCCC3)cc1CC(=O)O. The van der Waals surface area contributed by atoms with Crippen LogP contribution in [0.1, 0.15) is 37.7 Å². The van der Waals surface area contributed by atoms with Crippen molar-refractivity contribution in [2.24, 2.45) is 0 Å². The molecule has 1 aliphatic carbocycles. The lowest BCUT2D eigenvalue weighted by Crippen LogP contribution is -2.60. The second-order valence-corrected chi connectivity index (χ2v) is 8.17. The minimum atomic E-state index is -3.59. The van der Waals surface area contributed by atoms with Crippen molar-refractivity contribution in [1.82, 2.24) is 4.31 Å². The summed E-state index contributed by atoms with van der Waals surface area (Å²) in [6.45, 7) is 0.544. The summed E-state index contributed by atoms with van der Waals surface area (Å²) in [5.41, 5.74) is 0.174. The molecule has 0 aromatic heterocycles. The molecule has 126 valence electrons. The van der Waals surface area contributed by atoms with Crippen LogP contribution in [-0.4, -0.2) is 43.0 Å². The van der Waals surface area contributed by atoms with Gasteiger partial charge >= 0.3 is 5.97 Å². The highest BCUT2D eigenvalue weighted by molar-refractivity contribution is 7.89. The first-order valence-corrected chi connectivity index (χ1v) is 9.25. The number of carboxylic acid groups (broad SMARTS) is 1. The molecule has 1 saturated heterocycles. The number of benzene rings is 1. The molecule has 6 nitrogen and oxygen atoms in total. The zero-order valence-corrected chi connectivity index (χ0v) is 13.9. The van der Waals surface area contributed by atoms with Crippen molar-refractivity contribution in [2.45, 2.75) is 49.0 Å². The van der Waals surface area contributed by atoms with Crippen LogP contribution in [0.25, 0.3) is 0 Å². The summed E-state index contributed by atoms with van der Waals surface area (Å²) < 4.78 is 32.6. The number of carbonyl (C=O) groups is 1. The van der Waals surface area contributed by atoms with E-state index in [1.54, 1.807) is 4.31 Å². The van der Waals surface area contributed by atoms with Crippen LogP contribution in [0, 0.1) is 0 Å². The van der Waals surface area contributed by atoms with E-state index in [0.29, 0.717) is 17.9 Å². The third kappa shape index (κ3) is 2.72. The maximum absolute atomic E-state index is 13.0. The first kappa shape index (κ1) is 16.3. The van der Waals surface area contributed by atoms with Gasteiger partial charge in [-0.2, -0.15) is 4.31 Å². The minimum absolute atomic E-state index is 0.153. The molecule has 0 bridgehead atoms. The first-order chi connectivity index (χ1) is 10.9. The molecule has 1 aromatic rings. The standard InChI is InChI=1S/C16H21NO5S/c1-22-14-5-4-13(10-12(14)11-15(18)19)23(20,21)17-9-8-16(17)6-2-3-7-16/h4-5,10H,2-3,6-9,11H2,1H3,(H,18,19). The van der Waals surface area contributed by atoms with Gasteiger partial charge in [0, 0.05) is 17.6 Å². The Morgan fingerprint density at radius 3 is 2.52 bits per heavy atom. The van der Waals surface area contributed by atoms with Gasteiger partial charge in [-0.05, 0) is 37.5 Å². The van der Waals surface area contributed by atoms with Crippen molar-refractivity contribution in [3.05, 3.63) is 23.8 Å². The number of carboxylic acids is 1. The fourth-order valence-electron chi connectivity index (χ4n) is 3.77. The monoisotopic (exact) mass is 339 g/mol. The van der Waals surface area contributed by atoms with Gasteiger partial charge in [0.1, 0.15) is 5.75 Å². The number of hydrogen-bond acceptors (Lipinski definition) is 4. The van der Waals surface area contributed by atoms with Gasteiger partial charge < -0.3 is 9.84 Å². The van der Waals surface area contributed by atoms with E-state index in [-0.39, 0.29) is 16.9 Å². The summed E-state index contributed by atoms with van der Waals surface area (Å²) in [4.78, 5) is 11.1. The highest BCUT2D eigenvalue weighted by Gasteiger charge is 2.52. The molecule has 3 rings (SSSR count). The normalized spacial score (nSPS) is 20.4. The number of nitrogens with zero attached hydrogens (tertiary/aromatic N) is 1. The molecule has 23 heavy (non-hydrogen) atoms. The van der Waals surface area contributed by atoms with Crippen LogP contribution in [0.5, 0.6) is 5.75 Å². The van der Waals surface area contributed by atoms with Crippen LogP contribution >= 0.6 is 0 Å². The van der Waals surface area contributed by atoms with E-state index in [4.69, 9.17) is 9.84 Å². The lowest BCUT2D eigenvalue weighted by atomic mass is 9.86. The zero-order valence-electron chi connectivity index (χ0n) is 13.1. The van der Waals surface area contributed by atoms with Gasteiger partial charge in [-0.3, -0.25) is 4.79 Å². The molecule has 0 amide bonds. The van der Waals surface area contributed by atoms with Gasteiger partial charge in [0.15, 0.2) is 0 Å². The van der Waals surface area contributed by atoms with E-state index >= 15 is 0 Å². The third-order valence-electron chi connectivity index (χ3n) is 5.03. The van der Waals surface area contributed by atoms with Crippen molar-refractivity contribution >= 4 is 16.0 Å². The maximum atomic E-state index is 13.0. The quantitative estimate of drug-likeness (QED) is 0.887. The van der Waals surface area contributed by atoms with Crippen molar-refractivity contribution in [1.29, 1.82) is 0 Å². The predicted molar refractivity (Wildman–Crippen MR) is 84.0 cm³/mol. The number of hydrogen-bond donors (Lipinski definition) is 1. The number of rotatable bonds is 5. The summed E-state index contributed by atoms with van der Waals surface area (Å²) in [6, 6.07) is 4.47. The van der Waals surface area contributed by atoms with Crippen molar-refractivity contribution < 1.29 is 23.1 Å². The third-order valence-corrected chi connectivity index (χ3v) is 7.02. The first-order valence-electron chi connectivity index (χ1n) is 7.81. The molecular weight excluding hydrogens is 318 g/mol. The highest BCUT2D eigenvalue weighted by Crippen LogP contribution is 2.47. The summed E-state index contributed by atoms with van der Waals surface area (Å²) in [7, 11) is -2.15. The molecule has 1 aliphatic heterocycles. The molecule has 1 N–H and O–H groups in total. The fourth-order valence-corrected chi connectivity index (χ4v) is 5.67. The Morgan fingerprint density at radius 1 is 1.30 bits per heavy atom. The second-order valence-electron chi connectivity index (χ2n) is 6.30.